The number of nitrogens with zero attached hydrogens (tertiary/aromatic N) is 2. The number of pyridine rings is 1. The van der Waals surface area contributed by atoms with E-state index in [4.69, 9.17) is 0 Å². The fraction of sp³-hybridized carbons (Fsp3) is 0.250. The van der Waals surface area contributed by atoms with Crippen LogP contribution in [0, 0.1) is 18.3 Å². The third-order valence-corrected chi connectivity index (χ3v) is 3.65. The van der Waals surface area contributed by atoms with Crippen molar-refractivity contribution in [1.29, 1.82) is 5.26 Å². The number of carbonyl (C=O) groups excluding carboxylic acids is 1. The van der Waals surface area contributed by atoms with Crippen molar-refractivity contribution in [3.05, 3.63) is 65.5 Å². The van der Waals surface area contributed by atoms with Gasteiger partial charge in [0.15, 0.2) is 0 Å². The van der Waals surface area contributed by atoms with E-state index in [2.05, 4.69) is 22.5 Å². The van der Waals surface area contributed by atoms with Gasteiger partial charge < -0.3 is 10.6 Å². The minimum atomic E-state index is -0.455. The Kier molecular flexibility index (Phi) is 6.73. The number of aryl methyl sites for hydroxylation is 2. The average Bonchev–Trinajstić information content (AvgIpc) is 2.62. The molecule has 1 aromatic carbocycles. The van der Waals surface area contributed by atoms with E-state index in [1.54, 1.807) is 6.07 Å². The van der Waals surface area contributed by atoms with Crippen molar-refractivity contribution >= 4 is 17.4 Å². The average molecular weight is 334 g/mol. The van der Waals surface area contributed by atoms with Gasteiger partial charge in [-0.25, -0.2) is 4.98 Å². The normalized spacial score (nSPS) is 10.8. The summed E-state index contributed by atoms with van der Waals surface area (Å²) >= 11 is 0. The highest BCUT2D eigenvalue weighted by Gasteiger charge is 2.09. The van der Waals surface area contributed by atoms with Gasteiger partial charge in [-0.1, -0.05) is 31.5 Å². The second-order valence-corrected chi connectivity index (χ2v) is 5.73. The predicted molar refractivity (Wildman–Crippen MR) is 100.0 cm³/mol. The van der Waals surface area contributed by atoms with Gasteiger partial charge in [0.25, 0.3) is 5.91 Å². The molecule has 0 unspecified atom stereocenters. The van der Waals surface area contributed by atoms with Crippen LogP contribution in [0.4, 0.5) is 11.5 Å². The molecule has 0 aliphatic heterocycles. The largest absolute Gasteiger partial charge is 0.345 e. The second-order valence-electron chi connectivity index (χ2n) is 5.73. The van der Waals surface area contributed by atoms with Crippen molar-refractivity contribution in [2.45, 2.75) is 33.1 Å². The summed E-state index contributed by atoms with van der Waals surface area (Å²) in [7, 11) is 0. The highest BCUT2D eigenvalue weighted by molar-refractivity contribution is 6.06. The van der Waals surface area contributed by atoms with E-state index in [0.717, 1.165) is 25.0 Å². The second kappa shape index (κ2) is 9.24. The molecule has 2 aromatic rings. The minimum Gasteiger partial charge on any atom is -0.345 e. The number of aromatic nitrogens is 1. The molecule has 0 saturated heterocycles. The Hall–Kier alpha value is -3.13. The number of nitriles is 1. The van der Waals surface area contributed by atoms with E-state index in [9.17, 15) is 10.1 Å². The smallest absolute Gasteiger partial charge is 0.267 e. The Morgan fingerprint density at radius 3 is 2.64 bits per heavy atom. The molecule has 0 fully saturated rings. The van der Waals surface area contributed by atoms with E-state index in [0.29, 0.717) is 11.5 Å². The number of carbonyl (C=O) groups is 1. The maximum absolute atomic E-state index is 12.2. The molecule has 0 saturated carbocycles. The first kappa shape index (κ1) is 18.2. The zero-order valence-corrected chi connectivity index (χ0v) is 14.5. The van der Waals surface area contributed by atoms with Gasteiger partial charge in [-0.2, -0.15) is 5.26 Å². The maximum Gasteiger partial charge on any atom is 0.267 e. The SMILES string of the molecule is CCCCc1ccc(NC(=O)/C(C#N)=C\Nc2cccc(C)n2)cc1. The number of anilines is 2. The summed E-state index contributed by atoms with van der Waals surface area (Å²) in [6.45, 7) is 4.03. The third kappa shape index (κ3) is 5.78. The van der Waals surface area contributed by atoms with E-state index in [1.807, 2.05) is 49.4 Å². The molecular formula is C20H22N4O. The van der Waals surface area contributed by atoms with Crippen LogP contribution in [0.25, 0.3) is 0 Å². The fourth-order valence-electron chi connectivity index (χ4n) is 2.25. The first-order valence-corrected chi connectivity index (χ1v) is 8.33. The molecule has 0 atom stereocenters. The van der Waals surface area contributed by atoms with E-state index in [-0.39, 0.29) is 5.57 Å². The van der Waals surface area contributed by atoms with E-state index >= 15 is 0 Å². The number of hydrogen-bond acceptors (Lipinski definition) is 4. The van der Waals surface area contributed by atoms with Crippen LogP contribution in [0.5, 0.6) is 0 Å². The number of unbranched alkanes of at least 4 members (excludes halogenated alkanes) is 1. The lowest BCUT2D eigenvalue weighted by atomic mass is 10.1. The first-order valence-electron chi connectivity index (χ1n) is 8.33. The van der Waals surface area contributed by atoms with Crippen molar-refractivity contribution in [1.82, 2.24) is 4.98 Å². The summed E-state index contributed by atoms with van der Waals surface area (Å²) in [6, 6.07) is 15.1. The molecule has 1 aromatic heterocycles. The van der Waals surface area contributed by atoms with Crippen molar-refractivity contribution in [2.24, 2.45) is 0 Å². The van der Waals surface area contributed by atoms with Crippen molar-refractivity contribution in [2.75, 3.05) is 10.6 Å². The van der Waals surface area contributed by atoms with Crippen LogP contribution >= 0.6 is 0 Å². The zero-order chi connectivity index (χ0) is 18.1. The lowest BCUT2D eigenvalue weighted by molar-refractivity contribution is -0.112. The number of hydrogen-bond donors (Lipinski definition) is 2. The van der Waals surface area contributed by atoms with Gasteiger partial charge in [0.1, 0.15) is 17.5 Å². The number of amides is 1. The molecule has 0 spiro atoms. The Bertz CT molecular complexity index is 788. The Labute approximate surface area is 148 Å². The lowest BCUT2D eigenvalue weighted by Crippen LogP contribution is -2.14. The molecule has 1 heterocycles. The van der Waals surface area contributed by atoms with Crippen LogP contribution in [0.15, 0.2) is 54.2 Å². The van der Waals surface area contributed by atoms with Crippen LogP contribution in [-0.2, 0) is 11.2 Å². The van der Waals surface area contributed by atoms with Gasteiger partial charge in [-0.15, -0.1) is 0 Å². The van der Waals surface area contributed by atoms with Gasteiger partial charge >= 0.3 is 0 Å². The van der Waals surface area contributed by atoms with Crippen LogP contribution in [0.2, 0.25) is 0 Å². The molecule has 5 heteroatoms. The molecule has 1 amide bonds. The highest BCUT2D eigenvalue weighted by atomic mass is 16.1. The molecule has 0 radical (unpaired) electrons. The quantitative estimate of drug-likeness (QED) is 0.588. The summed E-state index contributed by atoms with van der Waals surface area (Å²) in [5.41, 5.74) is 2.74. The molecule has 0 bridgehead atoms. The molecule has 25 heavy (non-hydrogen) atoms. The van der Waals surface area contributed by atoms with Gasteiger partial charge in [-0.3, -0.25) is 4.79 Å². The van der Waals surface area contributed by atoms with Crippen LogP contribution in [0.1, 0.15) is 31.0 Å². The summed E-state index contributed by atoms with van der Waals surface area (Å²) in [4.78, 5) is 16.5. The van der Waals surface area contributed by atoms with E-state index < -0.39 is 5.91 Å². The first-order chi connectivity index (χ1) is 12.1. The molecule has 128 valence electrons. The Morgan fingerprint density at radius 2 is 2.00 bits per heavy atom. The maximum atomic E-state index is 12.2. The van der Waals surface area contributed by atoms with Gasteiger partial charge in [0, 0.05) is 17.6 Å². The molecule has 0 aliphatic carbocycles. The van der Waals surface area contributed by atoms with Crippen LogP contribution < -0.4 is 10.6 Å². The molecule has 2 rings (SSSR count). The standard InChI is InChI=1S/C20H22N4O/c1-3-4-7-16-9-11-18(12-10-16)24-20(25)17(13-21)14-22-19-8-5-6-15(2)23-19/h5-6,8-12,14H,3-4,7H2,1-2H3,(H,22,23)(H,24,25)/b17-14-. The number of benzene rings is 1. The lowest BCUT2D eigenvalue weighted by Gasteiger charge is -2.06. The molecule has 2 N–H and O–H groups in total. The van der Waals surface area contributed by atoms with Gasteiger partial charge in [-0.05, 0) is 49.6 Å². The highest BCUT2D eigenvalue weighted by Crippen LogP contribution is 2.13. The molecule has 5 nitrogen and oxygen atoms in total. The Morgan fingerprint density at radius 1 is 1.24 bits per heavy atom. The Balaban J connectivity index is 1.99. The van der Waals surface area contributed by atoms with Crippen LogP contribution in [0.3, 0.4) is 0 Å². The summed E-state index contributed by atoms with van der Waals surface area (Å²) in [5, 5.41) is 14.8. The molecular weight excluding hydrogens is 312 g/mol. The van der Waals surface area contributed by atoms with Crippen molar-refractivity contribution < 1.29 is 4.79 Å². The topological polar surface area (TPSA) is 77.8 Å². The molecule has 0 aliphatic rings. The summed E-state index contributed by atoms with van der Waals surface area (Å²) < 4.78 is 0. The van der Waals surface area contributed by atoms with Gasteiger partial charge in [0.2, 0.25) is 0 Å². The van der Waals surface area contributed by atoms with E-state index in [1.165, 1.54) is 11.8 Å². The monoisotopic (exact) mass is 334 g/mol. The summed E-state index contributed by atoms with van der Waals surface area (Å²) in [5.74, 6) is 0.129. The zero-order valence-electron chi connectivity index (χ0n) is 14.5. The summed E-state index contributed by atoms with van der Waals surface area (Å²) in [6.07, 6.45) is 4.69. The fourth-order valence-corrected chi connectivity index (χ4v) is 2.25. The van der Waals surface area contributed by atoms with Crippen LogP contribution in [-0.4, -0.2) is 10.9 Å². The number of rotatable bonds is 7. The number of nitrogens with one attached hydrogen (secondary N) is 2. The predicted octanol–water partition coefficient (Wildman–Crippen LogP) is 4.19. The van der Waals surface area contributed by atoms with Crippen molar-refractivity contribution in [3.8, 4) is 6.07 Å². The third-order valence-electron chi connectivity index (χ3n) is 3.65. The van der Waals surface area contributed by atoms with Gasteiger partial charge in [0.05, 0.1) is 0 Å². The minimum absolute atomic E-state index is 0.0154. The van der Waals surface area contributed by atoms with Crippen molar-refractivity contribution in [3.63, 3.8) is 0 Å².